The predicted octanol–water partition coefficient (Wildman–Crippen LogP) is 6.11. The van der Waals surface area contributed by atoms with E-state index < -0.39 is 0 Å². The van der Waals surface area contributed by atoms with Crippen LogP contribution >= 0.6 is 0 Å². The van der Waals surface area contributed by atoms with Crippen LogP contribution in [0.2, 0.25) is 0 Å². The maximum atomic E-state index is 14.2. The molecular formula is C28H24FN3O. The number of nitrogens with zero attached hydrogens (tertiary/aromatic N) is 1. The van der Waals surface area contributed by atoms with Crippen molar-refractivity contribution in [2.45, 2.75) is 20.3 Å². The fourth-order valence-corrected chi connectivity index (χ4v) is 4.43. The molecule has 5 aromatic rings. The standard InChI is InChI=1S/C28H24FN3O/c1-17-5-11-24(29)27-26(17)23(18(2)32-27)13-15-31-28(33)20-8-6-19(7-9-20)21-10-12-25-22(16-21)4-3-14-30-25/h3-12,14,16,32H,13,15H2,1-2H3,(H,31,33). The third kappa shape index (κ3) is 3.98. The van der Waals surface area contributed by atoms with E-state index in [1.807, 2.05) is 62.4 Å². The van der Waals surface area contributed by atoms with Gasteiger partial charge in [0.15, 0.2) is 0 Å². The summed E-state index contributed by atoms with van der Waals surface area (Å²) in [5.74, 6) is -0.374. The molecule has 3 aromatic carbocycles. The molecule has 0 spiro atoms. The first-order chi connectivity index (χ1) is 16.0. The number of benzene rings is 3. The summed E-state index contributed by atoms with van der Waals surface area (Å²) in [6.45, 7) is 4.39. The molecule has 0 bridgehead atoms. The van der Waals surface area contributed by atoms with Gasteiger partial charge in [0.05, 0.1) is 11.0 Å². The molecule has 0 aliphatic carbocycles. The Kier molecular flexibility index (Phi) is 5.38. The van der Waals surface area contributed by atoms with Crippen molar-refractivity contribution in [1.82, 2.24) is 15.3 Å². The summed E-state index contributed by atoms with van der Waals surface area (Å²) in [7, 11) is 0. The summed E-state index contributed by atoms with van der Waals surface area (Å²) >= 11 is 0. The second-order valence-electron chi connectivity index (χ2n) is 8.34. The quantitative estimate of drug-likeness (QED) is 0.348. The lowest BCUT2D eigenvalue weighted by Gasteiger charge is -2.08. The molecule has 5 rings (SSSR count). The molecule has 2 heterocycles. The predicted molar refractivity (Wildman–Crippen MR) is 131 cm³/mol. The highest BCUT2D eigenvalue weighted by atomic mass is 19.1. The smallest absolute Gasteiger partial charge is 0.251 e. The van der Waals surface area contributed by atoms with Crippen LogP contribution in [0.4, 0.5) is 4.39 Å². The molecule has 0 atom stereocenters. The van der Waals surface area contributed by atoms with E-state index in [-0.39, 0.29) is 11.7 Å². The Balaban J connectivity index is 1.27. The number of carbonyl (C=O) groups is 1. The van der Waals surface area contributed by atoms with Gasteiger partial charge in [0.25, 0.3) is 5.91 Å². The SMILES string of the molecule is Cc1[nH]c2c(F)ccc(C)c2c1CCNC(=O)c1ccc(-c2ccc3ncccc3c2)cc1. The van der Waals surface area contributed by atoms with Crippen LogP contribution in [-0.2, 0) is 6.42 Å². The number of pyridine rings is 1. The molecule has 2 N–H and O–H groups in total. The van der Waals surface area contributed by atoms with Gasteiger partial charge in [-0.1, -0.05) is 30.3 Å². The molecular weight excluding hydrogens is 413 g/mol. The average Bonchev–Trinajstić information content (AvgIpc) is 3.18. The number of fused-ring (bicyclic) bond motifs is 2. The van der Waals surface area contributed by atoms with Crippen molar-refractivity contribution in [2.75, 3.05) is 6.54 Å². The number of aryl methyl sites for hydroxylation is 2. The number of hydrogen-bond acceptors (Lipinski definition) is 2. The van der Waals surface area contributed by atoms with E-state index >= 15 is 0 Å². The molecule has 0 saturated heterocycles. The monoisotopic (exact) mass is 437 g/mol. The van der Waals surface area contributed by atoms with Gasteiger partial charge < -0.3 is 10.3 Å². The zero-order valence-corrected chi connectivity index (χ0v) is 18.6. The van der Waals surface area contributed by atoms with Crippen molar-refractivity contribution in [3.63, 3.8) is 0 Å². The highest BCUT2D eigenvalue weighted by Gasteiger charge is 2.14. The Morgan fingerprint density at radius 3 is 2.61 bits per heavy atom. The van der Waals surface area contributed by atoms with Crippen molar-refractivity contribution < 1.29 is 9.18 Å². The Bertz CT molecular complexity index is 1490. The molecule has 4 nitrogen and oxygen atoms in total. The van der Waals surface area contributed by atoms with E-state index in [4.69, 9.17) is 0 Å². The third-order valence-electron chi connectivity index (χ3n) is 6.17. The van der Waals surface area contributed by atoms with Crippen LogP contribution in [0.1, 0.15) is 27.2 Å². The molecule has 5 heteroatoms. The molecule has 0 aliphatic rings. The Morgan fingerprint density at radius 1 is 1.00 bits per heavy atom. The molecule has 0 unspecified atom stereocenters. The molecule has 164 valence electrons. The van der Waals surface area contributed by atoms with Gasteiger partial charge in [0, 0.05) is 34.8 Å². The van der Waals surface area contributed by atoms with E-state index in [0.29, 0.717) is 24.0 Å². The number of nitrogens with one attached hydrogen (secondary N) is 2. The van der Waals surface area contributed by atoms with Crippen molar-refractivity contribution in [1.29, 1.82) is 0 Å². The van der Waals surface area contributed by atoms with Gasteiger partial charge in [-0.25, -0.2) is 4.39 Å². The van der Waals surface area contributed by atoms with Crippen molar-refractivity contribution in [2.24, 2.45) is 0 Å². The molecule has 0 radical (unpaired) electrons. The molecule has 33 heavy (non-hydrogen) atoms. The maximum absolute atomic E-state index is 14.2. The van der Waals surface area contributed by atoms with Crippen LogP contribution in [0.15, 0.2) is 72.9 Å². The second kappa shape index (κ2) is 8.51. The lowest BCUT2D eigenvalue weighted by atomic mass is 10.0. The molecule has 2 aromatic heterocycles. The van der Waals surface area contributed by atoms with Crippen LogP contribution in [0.25, 0.3) is 32.9 Å². The number of halogens is 1. The first-order valence-corrected chi connectivity index (χ1v) is 11.0. The molecule has 1 amide bonds. The lowest BCUT2D eigenvalue weighted by molar-refractivity contribution is 0.0954. The number of hydrogen-bond donors (Lipinski definition) is 2. The second-order valence-corrected chi connectivity index (χ2v) is 8.34. The highest BCUT2D eigenvalue weighted by molar-refractivity contribution is 5.95. The number of amides is 1. The van der Waals surface area contributed by atoms with Crippen LogP contribution in [0.3, 0.4) is 0 Å². The first-order valence-electron chi connectivity index (χ1n) is 11.0. The fourth-order valence-electron chi connectivity index (χ4n) is 4.43. The van der Waals surface area contributed by atoms with Gasteiger partial charge in [0.1, 0.15) is 5.82 Å². The lowest BCUT2D eigenvalue weighted by Crippen LogP contribution is -2.25. The van der Waals surface area contributed by atoms with Crippen molar-refractivity contribution >= 4 is 27.7 Å². The topological polar surface area (TPSA) is 57.8 Å². The van der Waals surface area contributed by atoms with Crippen LogP contribution in [0, 0.1) is 19.7 Å². The van der Waals surface area contributed by atoms with Gasteiger partial charge in [-0.15, -0.1) is 0 Å². The van der Waals surface area contributed by atoms with Gasteiger partial charge in [-0.05, 0) is 78.9 Å². The van der Waals surface area contributed by atoms with Gasteiger partial charge in [-0.2, -0.15) is 0 Å². The van der Waals surface area contributed by atoms with Gasteiger partial charge in [0.2, 0.25) is 0 Å². The van der Waals surface area contributed by atoms with Crippen molar-refractivity contribution in [3.05, 3.63) is 101 Å². The van der Waals surface area contributed by atoms with E-state index in [1.165, 1.54) is 6.07 Å². The number of rotatable bonds is 5. The third-order valence-corrected chi connectivity index (χ3v) is 6.17. The largest absolute Gasteiger partial charge is 0.356 e. The van der Waals surface area contributed by atoms with Crippen molar-refractivity contribution in [3.8, 4) is 11.1 Å². The summed E-state index contributed by atoms with van der Waals surface area (Å²) in [6.07, 6.45) is 2.42. The number of aromatic nitrogens is 2. The zero-order chi connectivity index (χ0) is 22.9. The number of H-pyrrole nitrogens is 1. The Labute approximate surface area is 191 Å². The normalized spacial score (nSPS) is 11.2. The minimum atomic E-state index is -0.253. The Morgan fingerprint density at radius 2 is 1.79 bits per heavy atom. The zero-order valence-electron chi connectivity index (χ0n) is 18.6. The average molecular weight is 438 g/mol. The van der Waals surface area contributed by atoms with E-state index in [1.54, 1.807) is 12.3 Å². The van der Waals surface area contributed by atoms with Gasteiger partial charge in [-0.3, -0.25) is 9.78 Å². The molecule has 0 aliphatic heterocycles. The van der Waals surface area contributed by atoms with Gasteiger partial charge >= 0.3 is 0 Å². The number of carbonyl (C=O) groups excluding carboxylic acids is 1. The summed E-state index contributed by atoms with van der Waals surface area (Å²) in [4.78, 5) is 20.2. The first kappa shape index (κ1) is 20.9. The molecule has 0 fully saturated rings. The summed E-state index contributed by atoms with van der Waals surface area (Å²) in [6, 6.07) is 21.0. The van der Waals surface area contributed by atoms with E-state index in [2.05, 4.69) is 21.4 Å². The maximum Gasteiger partial charge on any atom is 0.251 e. The van der Waals surface area contributed by atoms with Crippen LogP contribution < -0.4 is 5.32 Å². The van der Waals surface area contributed by atoms with E-state index in [0.717, 1.165) is 44.2 Å². The summed E-state index contributed by atoms with van der Waals surface area (Å²) in [5, 5.41) is 4.99. The number of aromatic amines is 1. The molecule has 0 saturated carbocycles. The minimum absolute atomic E-state index is 0.121. The summed E-state index contributed by atoms with van der Waals surface area (Å²) in [5.41, 5.74) is 7.24. The van der Waals surface area contributed by atoms with Crippen LogP contribution in [-0.4, -0.2) is 22.4 Å². The van der Waals surface area contributed by atoms with E-state index in [9.17, 15) is 9.18 Å². The fraction of sp³-hybridized carbons (Fsp3) is 0.143. The van der Waals surface area contributed by atoms with Crippen LogP contribution in [0.5, 0.6) is 0 Å². The summed E-state index contributed by atoms with van der Waals surface area (Å²) < 4.78 is 14.2. The Hall–Kier alpha value is -3.99. The highest BCUT2D eigenvalue weighted by Crippen LogP contribution is 2.28. The minimum Gasteiger partial charge on any atom is -0.356 e.